The molecule has 0 radical (unpaired) electrons. The van der Waals surface area contributed by atoms with Crippen LogP contribution in [-0.2, 0) is 11.3 Å². The zero-order valence-corrected chi connectivity index (χ0v) is 9.77. The van der Waals surface area contributed by atoms with Crippen LogP contribution in [0.3, 0.4) is 0 Å². The highest BCUT2D eigenvalue weighted by Crippen LogP contribution is 2.11. The van der Waals surface area contributed by atoms with E-state index in [1.54, 1.807) is 18.3 Å². The minimum absolute atomic E-state index is 0.0769. The van der Waals surface area contributed by atoms with E-state index in [2.05, 4.69) is 4.74 Å². The lowest BCUT2D eigenvalue weighted by atomic mass is 10.1. The fourth-order valence-electron chi connectivity index (χ4n) is 1.86. The number of fused-ring (bicyclic) bond motifs is 1. The topological polar surface area (TPSA) is 48.3 Å². The van der Waals surface area contributed by atoms with Crippen LogP contribution < -0.4 is 5.43 Å². The molecule has 0 N–H and O–H groups in total. The third-order valence-electron chi connectivity index (χ3n) is 2.73. The summed E-state index contributed by atoms with van der Waals surface area (Å²) in [5.41, 5.74) is 0.623. The molecular weight excluding hydrogens is 218 g/mol. The molecule has 4 nitrogen and oxygen atoms in total. The van der Waals surface area contributed by atoms with E-state index in [-0.39, 0.29) is 11.0 Å². The van der Waals surface area contributed by atoms with Crippen LogP contribution in [-0.4, -0.2) is 17.6 Å². The molecule has 88 valence electrons. The molecule has 0 amide bonds. The molecule has 4 heteroatoms. The first-order valence-electron chi connectivity index (χ1n) is 5.39. The first kappa shape index (κ1) is 11.4. The number of carbonyl (C=O) groups is 1. The van der Waals surface area contributed by atoms with Gasteiger partial charge in [-0.3, -0.25) is 4.79 Å². The van der Waals surface area contributed by atoms with Gasteiger partial charge in [0.1, 0.15) is 5.56 Å². The van der Waals surface area contributed by atoms with Gasteiger partial charge in [-0.15, -0.1) is 0 Å². The van der Waals surface area contributed by atoms with Crippen LogP contribution >= 0.6 is 0 Å². The van der Waals surface area contributed by atoms with Crippen molar-refractivity contribution in [3.63, 3.8) is 0 Å². The number of aryl methyl sites for hydroxylation is 1. The van der Waals surface area contributed by atoms with Crippen LogP contribution in [0.15, 0.2) is 35.3 Å². The molecule has 2 rings (SSSR count). The highest BCUT2D eigenvalue weighted by atomic mass is 16.5. The smallest absolute Gasteiger partial charge is 0.343 e. The van der Waals surface area contributed by atoms with Gasteiger partial charge in [-0.1, -0.05) is 12.1 Å². The third-order valence-corrected chi connectivity index (χ3v) is 2.73. The number of ether oxygens (including phenoxy) is 1. The molecule has 0 bridgehead atoms. The summed E-state index contributed by atoms with van der Waals surface area (Å²) in [6.07, 6.45) is 1.55. The van der Waals surface area contributed by atoms with Crippen LogP contribution in [0.5, 0.6) is 0 Å². The van der Waals surface area contributed by atoms with Crippen molar-refractivity contribution in [2.45, 2.75) is 13.5 Å². The third kappa shape index (κ3) is 1.82. The van der Waals surface area contributed by atoms with Crippen molar-refractivity contribution in [1.82, 2.24) is 4.57 Å². The Morgan fingerprint density at radius 2 is 2.06 bits per heavy atom. The number of carbonyl (C=O) groups excluding carboxylic acids is 1. The first-order valence-corrected chi connectivity index (χ1v) is 5.39. The van der Waals surface area contributed by atoms with Crippen molar-refractivity contribution in [1.29, 1.82) is 0 Å². The molecule has 2 aromatic rings. The number of pyridine rings is 1. The average molecular weight is 231 g/mol. The lowest BCUT2D eigenvalue weighted by molar-refractivity contribution is 0.0598. The number of hydrogen-bond donors (Lipinski definition) is 0. The maximum atomic E-state index is 12.1. The molecule has 1 heterocycles. The molecular formula is C13H13NO3. The van der Waals surface area contributed by atoms with Crippen molar-refractivity contribution in [2.24, 2.45) is 0 Å². The van der Waals surface area contributed by atoms with Crippen molar-refractivity contribution in [3.8, 4) is 0 Å². The summed E-state index contributed by atoms with van der Waals surface area (Å²) >= 11 is 0. The molecule has 0 fully saturated rings. The second-order valence-electron chi connectivity index (χ2n) is 3.67. The minimum atomic E-state index is -0.594. The Labute approximate surface area is 98.4 Å². The van der Waals surface area contributed by atoms with Crippen LogP contribution in [0, 0.1) is 0 Å². The second kappa shape index (κ2) is 4.41. The molecule has 1 aromatic heterocycles. The maximum absolute atomic E-state index is 12.1. The molecule has 0 aliphatic carbocycles. The molecule has 0 saturated carbocycles. The predicted octanol–water partition coefficient (Wildman–Crippen LogP) is 1.81. The van der Waals surface area contributed by atoms with E-state index in [4.69, 9.17) is 0 Å². The van der Waals surface area contributed by atoms with Crippen molar-refractivity contribution in [3.05, 3.63) is 46.2 Å². The number of benzene rings is 1. The molecule has 0 aliphatic rings. The van der Waals surface area contributed by atoms with Gasteiger partial charge in [-0.05, 0) is 19.1 Å². The summed E-state index contributed by atoms with van der Waals surface area (Å²) in [6.45, 7) is 2.64. The van der Waals surface area contributed by atoms with Gasteiger partial charge in [0.05, 0.1) is 12.6 Å². The molecule has 0 atom stereocenters. The fourth-order valence-corrected chi connectivity index (χ4v) is 1.86. The van der Waals surface area contributed by atoms with Gasteiger partial charge in [0.2, 0.25) is 5.43 Å². The number of para-hydroxylation sites is 1. The van der Waals surface area contributed by atoms with E-state index in [0.29, 0.717) is 11.9 Å². The average Bonchev–Trinajstić information content (AvgIpc) is 2.39. The lowest BCUT2D eigenvalue weighted by Gasteiger charge is -2.10. The monoisotopic (exact) mass is 231 g/mol. The van der Waals surface area contributed by atoms with Gasteiger partial charge < -0.3 is 9.30 Å². The Balaban J connectivity index is 2.85. The van der Waals surface area contributed by atoms with Crippen molar-refractivity contribution in [2.75, 3.05) is 7.11 Å². The molecule has 0 aliphatic heterocycles. The standard InChI is InChI=1S/C13H13NO3/c1-3-14-8-10(13(16)17-2)12(15)9-6-4-5-7-11(9)14/h4-8H,3H2,1-2H3. The highest BCUT2D eigenvalue weighted by Gasteiger charge is 2.14. The molecule has 17 heavy (non-hydrogen) atoms. The van der Waals surface area contributed by atoms with Crippen LogP contribution in [0.2, 0.25) is 0 Å². The minimum Gasteiger partial charge on any atom is -0.465 e. The van der Waals surface area contributed by atoms with Crippen LogP contribution in [0.25, 0.3) is 10.9 Å². The van der Waals surface area contributed by atoms with Gasteiger partial charge in [0, 0.05) is 18.1 Å². The summed E-state index contributed by atoms with van der Waals surface area (Å²) < 4.78 is 6.48. The first-order chi connectivity index (χ1) is 8.19. The Hall–Kier alpha value is -2.10. The largest absolute Gasteiger partial charge is 0.465 e. The number of nitrogens with zero attached hydrogens (tertiary/aromatic N) is 1. The highest BCUT2D eigenvalue weighted by molar-refractivity contribution is 5.93. The van der Waals surface area contributed by atoms with E-state index < -0.39 is 5.97 Å². The summed E-state index contributed by atoms with van der Waals surface area (Å²) in [4.78, 5) is 23.6. The number of rotatable bonds is 2. The number of esters is 1. The van der Waals surface area contributed by atoms with Gasteiger partial charge in [-0.25, -0.2) is 4.79 Å². The summed E-state index contributed by atoms with van der Waals surface area (Å²) in [7, 11) is 1.27. The van der Waals surface area contributed by atoms with E-state index in [1.165, 1.54) is 7.11 Å². The Morgan fingerprint density at radius 1 is 1.35 bits per heavy atom. The molecule has 0 saturated heterocycles. The summed E-state index contributed by atoms with van der Waals surface area (Å²) in [5.74, 6) is -0.594. The van der Waals surface area contributed by atoms with Gasteiger partial charge in [-0.2, -0.15) is 0 Å². The summed E-state index contributed by atoms with van der Waals surface area (Å²) in [6, 6.07) is 7.23. The summed E-state index contributed by atoms with van der Waals surface area (Å²) in [5, 5.41) is 0.539. The van der Waals surface area contributed by atoms with E-state index >= 15 is 0 Å². The molecule has 0 unspecified atom stereocenters. The zero-order valence-electron chi connectivity index (χ0n) is 9.77. The molecule has 0 spiro atoms. The normalized spacial score (nSPS) is 10.5. The zero-order chi connectivity index (χ0) is 12.4. The Bertz CT molecular complexity index is 628. The van der Waals surface area contributed by atoms with Gasteiger partial charge >= 0.3 is 5.97 Å². The van der Waals surface area contributed by atoms with Crippen molar-refractivity contribution >= 4 is 16.9 Å². The van der Waals surface area contributed by atoms with Gasteiger partial charge in [0.15, 0.2) is 0 Å². The fraction of sp³-hybridized carbons (Fsp3) is 0.231. The number of methoxy groups -OCH3 is 1. The van der Waals surface area contributed by atoms with Crippen LogP contribution in [0.4, 0.5) is 0 Å². The number of hydrogen-bond acceptors (Lipinski definition) is 3. The number of aromatic nitrogens is 1. The van der Waals surface area contributed by atoms with Gasteiger partial charge in [0.25, 0.3) is 0 Å². The lowest BCUT2D eigenvalue weighted by Crippen LogP contribution is -2.19. The van der Waals surface area contributed by atoms with Crippen LogP contribution in [0.1, 0.15) is 17.3 Å². The quantitative estimate of drug-likeness (QED) is 0.740. The maximum Gasteiger partial charge on any atom is 0.343 e. The van der Waals surface area contributed by atoms with E-state index in [9.17, 15) is 9.59 Å². The Morgan fingerprint density at radius 3 is 2.71 bits per heavy atom. The van der Waals surface area contributed by atoms with E-state index in [0.717, 1.165) is 5.52 Å². The SMILES string of the molecule is CCn1cc(C(=O)OC)c(=O)c2ccccc21. The molecule has 1 aromatic carbocycles. The van der Waals surface area contributed by atoms with Crippen molar-refractivity contribution < 1.29 is 9.53 Å². The predicted molar refractivity (Wildman–Crippen MR) is 65.2 cm³/mol. The van der Waals surface area contributed by atoms with E-state index in [1.807, 2.05) is 23.6 Å². The second-order valence-corrected chi connectivity index (χ2v) is 3.67. The Kier molecular flexibility index (Phi) is 2.95.